The van der Waals surface area contributed by atoms with Crippen LogP contribution in [0.3, 0.4) is 0 Å². The van der Waals surface area contributed by atoms with E-state index in [-0.39, 0.29) is 11.7 Å². The molecule has 4 rings (SSSR count). The third kappa shape index (κ3) is 5.66. The lowest BCUT2D eigenvalue weighted by Crippen LogP contribution is -2.20. The topological polar surface area (TPSA) is 99.9 Å². The number of rotatable bonds is 10. The number of benzene rings is 3. The average molecular weight is 504 g/mol. The summed E-state index contributed by atoms with van der Waals surface area (Å²) in [6, 6.07) is 22.7. The quantitative estimate of drug-likeness (QED) is 0.197. The lowest BCUT2D eigenvalue weighted by Gasteiger charge is -2.12. The minimum atomic E-state index is -0.276. The molecule has 4 aromatic rings. The summed E-state index contributed by atoms with van der Waals surface area (Å²) in [5, 5.41) is 13.4. The Kier molecular flexibility index (Phi) is 8.20. The maximum atomic E-state index is 12.5. The van der Waals surface area contributed by atoms with E-state index in [9.17, 15) is 4.79 Å². The number of nitrogens with one attached hydrogen (secondary N) is 1. The molecule has 0 fully saturated rings. The lowest BCUT2D eigenvalue weighted by molar-refractivity contribution is -0.118. The van der Waals surface area contributed by atoms with Crippen LogP contribution in [0.5, 0.6) is 17.2 Å². The molecule has 0 atom stereocenters. The van der Waals surface area contributed by atoms with Gasteiger partial charge in [-0.1, -0.05) is 42.1 Å². The average Bonchev–Trinajstić information content (AvgIpc) is 3.36. The third-order valence-corrected chi connectivity index (χ3v) is 6.08. The van der Waals surface area contributed by atoms with Gasteiger partial charge >= 0.3 is 0 Å². The van der Waals surface area contributed by atoms with Gasteiger partial charge in [-0.25, -0.2) is 5.43 Å². The molecule has 0 aliphatic heterocycles. The van der Waals surface area contributed by atoms with Crippen LogP contribution < -0.4 is 19.6 Å². The first-order valence-corrected chi connectivity index (χ1v) is 11.9. The van der Waals surface area contributed by atoms with Gasteiger partial charge in [0.2, 0.25) is 0 Å². The minimum Gasteiger partial charge on any atom is -0.496 e. The number of hydrogen-bond donors (Lipinski definition) is 1. The van der Waals surface area contributed by atoms with Crippen LogP contribution in [0.1, 0.15) is 5.56 Å². The molecule has 184 valence electrons. The molecule has 0 saturated carbocycles. The van der Waals surface area contributed by atoms with E-state index < -0.39 is 0 Å². The Bertz CT molecular complexity index is 1360. The van der Waals surface area contributed by atoms with E-state index in [1.54, 1.807) is 27.5 Å². The predicted molar refractivity (Wildman–Crippen MR) is 139 cm³/mol. The molecule has 10 heteroatoms. The van der Waals surface area contributed by atoms with Crippen molar-refractivity contribution in [3.63, 3.8) is 0 Å². The van der Waals surface area contributed by atoms with Crippen LogP contribution in [-0.4, -0.2) is 54.0 Å². The van der Waals surface area contributed by atoms with Crippen LogP contribution in [0.4, 0.5) is 0 Å². The van der Waals surface area contributed by atoms with Gasteiger partial charge in [-0.05, 0) is 42.5 Å². The fourth-order valence-electron chi connectivity index (χ4n) is 3.44. The van der Waals surface area contributed by atoms with Crippen LogP contribution in [0.2, 0.25) is 0 Å². The number of para-hydroxylation sites is 2. The fourth-order valence-corrected chi connectivity index (χ4v) is 4.19. The van der Waals surface area contributed by atoms with Crippen LogP contribution in [0, 0.1) is 0 Å². The molecule has 9 nitrogen and oxygen atoms in total. The van der Waals surface area contributed by atoms with E-state index in [4.69, 9.17) is 14.2 Å². The van der Waals surface area contributed by atoms with E-state index in [2.05, 4.69) is 20.7 Å². The van der Waals surface area contributed by atoms with Gasteiger partial charge in [-0.15, -0.1) is 10.2 Å². The Balaban J connectivity index is 1.54. The molecule has 1 heterocycles. The Hall–Kier alpha value is -4.31. The van der Waals surface area contributed by atoms with Gasteiger partial charge in [0.25, 0.3) is 5.91 Å². The Morgan fingerprint density at radius 3 is 2.39 bits per heavy atom. The van der Waals surface area contributed by atoms with Crippen molar-refractivity contribution < 1.29 is 19.0 Å². The van der Waals surface area contributed by atoms with Crippen molar-refractivity contribution in [2.45, 2.75) is 5.16 Å². The summed E-state index contributed by atoms with van der Waals surface area (Å²) < 4.78 is 18.0. The third-order valence-electron chi connectivity index (χ3n) is 5.15. The number of hydrazone groups is 1. The first kappa shape index (κ1) is 24.8. The SMILES string of the molecule is COc1ccccc1/C=N/NC(=O)CSc1nnc(-c2ccc(OC)c(OC)c2)n1-c1ccccc1. The Morgan fingerprint density at radius 1 is 0.917 bits per heavy atom. The monoisotopic (exact) mass is 503 g/mol. The molecule has 0 saturated heterocycles. The van der Waals surface area contributed by atoms with Gasteiger partial charge in [-0.3, -0.25) is 9.36 Å². The molecular formula is C26H25N5O4S. The smallest absolute Gasteiger partial charge is 0.250 e. The highest BCUT2D eigenvalue weighted by atomic mass is 32.2. The maximum absolute atomic E-state index is 12.5. The number of carbonyl (C=O) groups is 1. The zero-order valence-electron chi connectivity index (χ0n) is 20.0. The molecule has 0 aliphatic carbocycles. The molecule has 0 unspecified atom stereocenters. The van der Waals surface area contributed by atoms with Gasteiger partial charge in [-0.2, -0.15) is 5.10 Å². The summed E-state index contributed by atoms with van der Waals surface area (Å²) in [6.07, 6.45) is 1.54. The van der Waals surface area contributed by atoms with Crippen LogP contribution in [0.15, 0.2) is 83.1 Å². The van der Waals surface area contributed by atoms with Crippen molar-refractivity contribution >= 4 is 23.9 Å². The van der Waals surface area contributed by atoms with Crippen LogP contribution in [-0.2, 0) is 4.79 Å². The number of nitrogens with zero attached hydrogens (tertiary/aromatic N) is 4. The zero-order valence-corrected chi connectivity index (χ0v) is 20.9. The highest BCUT2D eigenvalue weighted by Gasteiger charge is 2.18. The van der Waals surface area contributed by atoms with Gasteiger partial charge in [0, 0.05) is 16.8 Å². The highest BCUT2D eigenvalue weighted by molar-refractivity contribution is 7.99. The summed E-state index contributed by atoms with van der Waals surface area (Å²) in [4.78, 5) is 12.5. The normalized spacial score (nSPS) is 10.9. The second kappa shape index (κ2) is 11.9. The van der Waals surface area contributed by atoms with Crippen molar-refractivity contribution in [3.8, 4) is 34.3 Å². The molecule has 0 bridgehead atoms. The van der Waals surface area contributed by atoms with E-state index in [0.717, 1.165) is 16.8 Å². The number of hydrogen-bond acceptors (Lipinski definition) is 8. The van der Waals surface area contributed by atoms with Crippen molar-refractivity contribution in [2.24, 2.45) is 5.10 Å². The standard InChI is InChI=1S/C26H25N5O4S/c1-33-21-12-8-7-9-19(21)16-27-28-24(32)17-36-26-30-29-25(31(26)20-10-5-4-6-11-20)18-13-14-22(34-2)23(15-18)35-3/h4-16H,17H2,1-3H3,(H,28,32)/b27-16+. The van der Waals surface area contributed by atoms with Crippen molar-refractivity contribution in [2.75, 3.05) is 27.1 Å². The second-order valence-corrected chi connectivity index (χ2v) is 8.31. The molecule has 0 radical (unpaired) electrons. The van der Waals surface area contributed by atoms with Crippen molar-refractivity contribution in [1.82, 2.24) is 20.2 Å². The zero-order chi connectivity index (χ0) is 25.3. The highest BCUT2D eigenvalue weighted by Crippen LogP contribution is 2.34. The number of carbonyl (C=O) groups excluding carboxylic acids is 1. The summed E-state index contributed by atoms with van der Waals surface area (Å²) in [5.41, 5.74) is 4.96. The van der Waals surface area contributed by atoms with Crippen LogP contribution in [0.25, 0.3) is 17.1 Å². The first-order valence-electron chi connectivity index (χ1n) is 11.0. The van der Waals surface area contributed by atoms with Crippen molar-refractivity contribution in [1.29, 1.82) is 0 Å². The molecular weight excluding hydrogens is 478 g/mol. The molecule has 0 aliphatic rings. The number of thioether (sulfide) groups is 1. The van der Waals surface area contributed by atoms with E-state index >= 15 is 0 Å². The lowest BCUT2D eigenvalue weighted by atomic mass is 10.2. The summed E-state index contributed by atoms with van der Waals surface area (Å²) in [5.74, 6) is 2.30. The molecule has 0 spiro atoms. The molecule has 3 aromatic carbocycles. The van der Waals surface area contributed by atoms with E-state index in [0.29, 0.717) is 28.2 Å². The number of amides is 1. The second-order valence-electron chi connectivity index (χ2n) is 7.37. The first-order chi connectivity index (χ1) is 17.6. The largest absolute Gasteiger partial charge is 0.496 e. The molecule has 1 amide bonds. The summed E-state index contributed by atoms with van der Waals surface area (Å²) in [6.45, 7) is 0. The minimum absolute atomic E-state index is 0.0974. The summed E-state index contributed by atoms with van der Waals surface area (Å²) in [7, 11) is 4.76. The van der Waals surface area contributed by atoms with E-state index in [1.807, 2.05) is 77.4 Å². The number of aromatic nitrogens is 3. The van der Waals surface area contributed by atoms with Crippen molar-refractivity contribution in [3.05, 3.63) is 78.4 Å². The van der Waals surface area contributed by atoms with Crippen LogP contribution >= 0.6 is 11.8 Å². The van der Waals surface area contributed by atoms with E-state index in [1.165, 1.54) is 11.8 Å². The molecule has 36 heavy (non-hydrogen) atoms. The number of ether oxygens (including phenoxy) is 3. The molecule has 1 aromatic heterocycles. The summed E-state index contributed by atoms with van der Waals surface area (Å²) >= 11 is 1.26. The maximum Gasteiger partial charge on any atom is 0.250 e. The van der Waals surface area contributed by atoms with Gasteiger partial charge < -0.3 is 14.2 Å². The van der Waals surface area contributed by atoms with Gasteiger partial charge in [0.15, 0.2) is 22.5 Å². The number of methoxy groups -OCH3 is 3. The van der Waals surface area contributed by atoms with Gasteiger partial charge in [0.05, 0.1) is 33.3 Å². The van der Waals surface area contributed by atoms with Gasteiger partial charge in [0.1, 0.15) is 5.75 Å². The Labute approximate surface area is 213 Å². The fraction of sp³-hybridized carbons (Fsp3) is 0.154. The molecule has 1 N–H and O–H groups in total. The Morgan fingerprint density at radius 2 is 1.64 bits per heavy atom. The predicted octanol–water partition coefficient (Wildman–Crippen LogP) is 4.20.